The van der Waals surface area contributed by atoms with Crippen LogP contribution in [0.5, 0.6) is 0 Å². The Bertz CT molecular complexity index is 548. The lowest BCUT2D eigenvalue weighted by atomic mass is 10.1. The summed E-state index contributed by atoms with van der Waals surface area (Å²) >= 11 is 0. The highest BCUT2D eigenvalue weighted by Gasteiger charge is 2.29. The molecular formula is C17H23NO5. The molecule has 0 aliphatic carbocycles. The van der Waals surface area contributed by atoms with Gasteiger partial charge >= 0.3 is 12.1 Å². The first-order valence-electron chi connectivity index (χ1n) is 7.46. The first kappa shape index (κ1) is 18.7. The number of hydrogen-bond acceptors (Lipinski definition) is 5. The molecule has 0 bridgehead atoms. The third kappa shape index (κ3) is 6.95. The molecule has 0 aliphatic heterocycles. The summed E-state index contributed by atoms with van der Waals surface area (Å²) in [4.78, 5) is 37.0. The summed E-state index contributed by atoms with van der Waals surface area (Å²) in [6, 6.07) is 8.97. The summed E-state index contributed by atoms with van der Waals surface area (Å²) in [5.41, 5.74) is -0.0215. The second-order valence-electron chi connectivity index (χ2n) is 5.93. The number of amides is 2. The van der Waals surface area contributed by atoms with Crippen molar-refractivity contribution in [3.63, 3.8) is 0 Å². The Hall–Kier alpha value is -2.37. The van der Waals surface area contributed by atoms with Gasteiger partial charge in [-0.2, -0.15) is 0 Å². The SMILES string of the molecule is CCOC(=O)CN(C(=O)Cc1ccccc1)C(=O)OC(C)(C)C. The number of ether oxygens (including phenoxy) is 2. The molecule has 0 radical (unpaired) electrons. The van der Waals surface area contributed by atoms with Crippen molar-refractivity contribution in [2.45, 2.75) is 39.7 Å². The molecule has 1 aromatic carbocycles. The maximum absolute atomic E-state index is 12.4. The Morgan fingerprint density at radius 1 is 1.09 bits per heavy atom. The van der Waals surface area contributed by atoms with E-state index in [1.54, 1.807) is 52.0 Å². The average Bonchev–Trinajstić information content (AvgIpc) is 2.44. The minimum absolute atomic E-state index is 0.000508. The second kappa shape index (κ2) is 8.31. The minimum atomic E-state index is -0.855. The van der Waals surface area contributed by atoms with Gasteiger partial charge in [-0.15, -0.1) is 0 Å². The smallest absolute Gasteiger partial charge is 0.417 e. The van der Waals surface area contributed by atoms with Crippen LogP contribution in [0, 0.1) is 0 Å². The normalized spacial score (nSPS) is 10.8. The molecule has 6 heteroatoms. The quantitative estimate of drug-likeness (QED) is 0.779. The summed E-state index contributed by atoms with van der Waals surface area (Å²) in [6.45, 7) is 6.43. The molecule has 0 heterocycles. The standard InChI is InChI=1S/C17H23NO5/c1-5-22-15(20)12-18(16(21)23-17(2,3)4)14(19)11-13-9-7-6-8-10-13/h6-10H,5,11-12H2,1-4H3. The molecule has 0 fully saturated rings. The number of carbonyl (C=O) groups excluding carboxylic acids is 3. The van der Waals surface area contributed by atoms with Crippen molar-refractivity contribution in [1.82, 2.24) is 4.90 Å². The van der Waals surface area contributed by atoms with E-state index < -0.39 is 30.1 Å². The number of esters is 1. The summed E-state index contributed by atoms with van der Waals surface area (Å²) in [7, 11) is 0. The summed E-state index contributed by atoms with van der Waals surface area (Å²) in [6.07, 6.45) is -0.856. The van der Waals surface area contributed by atoms with E-state index >= 15 is 0 Å². The van der Waals surface area contributed by atoms with E-state index in [0.717, 1.165) is 10.5 Å². The van der Waals surface area contributed by atoms with Crippen LogP contribution >= 0.6 is 0 Å². The third-order valence-electron chi connectivity index (χ3n) is 2.71. The van der Waals surface area contributed by atoms with E-state index in [2.05, 4.69) is 0 Å². The highest BCUT2D eigenvalue weighted by Crippen LogP contribution is 2.12. The Labute approximate surface area is 136 Å². The van der Waals surface area contributed by atoms with Gasteiger partial charge in [0.1, 0.15) is 12.1 Å². The van der Waals surface area contributed by atoms with Crippen LogP contribution in [0.3, 0.4) is 0 Å². The zero-order valence-electron chi connectivity index (χ0n) is 14.0. The van der Waals surface area contributed by atoms with Crippen LogP contribution in [-0.4, -0.2) is 41.6 Å². The van der Waals surface area contributed by atoms with Crippen LogP contribution in [0.1, 0.15) is 33.3 Å². The third-order valence-corrected chi connectivity index (χ3v) is 2.71. The van der Waals surface area contributed by atoms with Crippen molar-refractivity contribution in [3.8, 4) is 0 Å². The predicted molar refractivity (Wildman–Crippen MR) is 84.7 cm³/mol. The second-order valence-corrected chi connectivity index (χ2v) is 5.93. The molecule has 6 nitrogen and oxygen atoms in total. The van der Waals surface area contributed by atoms with Gasteiger partial charge in [-0.25, -0.2) is 9.69 Å². The van der Waals surface area contributed by atoms with Crippen molar-refractivity contribution in [2.24, 2.45) is 0 Å². The Morgan fingerprint density at radius 3 is 2.22 bits per heavy atom. The van der Waals surface area contributed by atoms with E-state index in [1.807, 2.05) is 6.07 Å². The lowest BCUT2D eigenvalue weighted by molar-refractivity contribution is -0.148. The first-order chi connectivity index (χ1) is 10.7. The maximum Gasteiger partial charge on any atom is 0.417 e. The average molecular weight is 321 g/mol. The number of hydrogen-bond donors (Lipinski definition) is 0. The first-order valence-corrected chi connectivity index (χ1v) is 7.46. The van der Waals surface area contributed by atoms with E-state index in [9.17, 15) is 14.4 Å². The zero-order valence-corrected chi connectivity index (χ0v) is 14.0. The number of nitrogens with zero attached hydrogens (tertiary/aromatic N) is 1. The molecule has 0 unspecified atom stereocenters. The monoisotopic (exact) mass is 321 g/mol. The van der Waals surface area contributed by atoms with Crippen molar-refractivity contribution in [1.29, 1.82) is 0 Å². The fourth-order valence-electron chi connectivity index (χ4n) is 1.77. The van der Waals surface area contributed by atoms with Crippen molar-refractivity contribution >= 4 is 18.0 Å². The van der Waals surface area contributed by atoms with Crippen LogP contribution < -0.4 is 0 Å². The van der Waals surface area contributed by atoms with E-state index in [4.69, 9.17) is 9.47 Å². The largest absolute Gasteiger partial charge is 0.465 e. The summed E-state index contributed by atoms with van der Waals surface area (Å²) in [5, 5.41) is 0. The van der Waals surface area contributed by atoms with Crippen LogP contribution in [-0.2, 0) is 25.5 Å². The lowest BCUT2D eigenvalue weighted by Crippen LogP contribution is -2.44. The molecular weight excluding hydrogens is 298 g/mol. The van der Waals surface area contributed by atoms with Gasteiger partial charge in [-0.05, 0) is 33.3 Å². The molecule has 0 aliphatic rings. The number of imide groups is 1. The summed E-state index contributed by atoms with van der Waals surface area (Å²) in [5.74, 6) is -1.17. The van der Waals surface area contributed by atoms with Gasteiger partial charge in [-0.1, -0.05) is 30.3 Å². The van der Waals surface area contributed by atoms with Crippen molar-refractivity contribution in [2.75, 3.05) is 13.2 Å². The highest BCUT2D eigenvalue weighted by atomic mass is 16.6. The highest BCUT2D eigenvalue weighted by molar-refractivity contribution is 5.96. The molecule has 1 aromatic rings. The lowest BCUT2D eigenvalue weighted by Gasteiger charge is -2.25. The minimum Gasteiger partial charge on any atom is -0.465 e. The molecule has 2 amide bonds. The molecule has 0 saturated heterocycles. The molecule has 126 valence electrons. The van der Waals surface area contributed by atoms with Crippen LogP contribution in [0.25, 0.3) is 0 Å². The maximum atomic E-state index is 12.4. The van der Waals surface area contributed by atoms with Crippen molar-refractivity contribution in [3.05, 3.63) is 35.9 Å². The fraction of sp³-hybridized carbons (Fsp3) is 0.471. The molecule has 0 spiro atoms. The van der Waals surface area contributed by atoms with Gasteiger partial charge in [0.15, 0.2) is 0 Å². The van der Waals surface area contributed by atoms with Gasteiger partial charge in [0, 0.05) is 0 Å². The molecule has 0 atom stereocenters. The molecule has 0 aromatic heterocycles. The molecule has 23 heavy (non-hydrogen) atoms. The van der Waals surface area contributed by atoms with Crippen molar-refractivity contribution < 1.29 is 23.9 Å². The van der Waals surface area contributed by atoms with Gasteiger partial charge in [-0.3, -0.25) is 9.59 Å². The van der Waals surface area contributed by atoms with Gasteiger partial charge in [0.05, 0.1) is 13.0 Å². The molecule has 1 rings (SSSR count). The summed E-state index contributed by atoms with van der Waals surface area (Å²) < 4.78 is 10.0. The predicted octanol–water partition coefficient (Wildman–Crippen LogP) is 2.56. The molecule has 0 N–H and O–H groups in total. The Balaban J connectivity index is 2.86. The van der Waals surface area contributed by atoms with Gasteiger partial charge < -0.3 is 9.47 Å². The number of benzene rings is 1. The van der Waals surface area contributed by atoms with Crippen LogP contribution in [0.15, 0.2) is 30.3 Å². The van der Waals surface area contributed by atoms with Crippen LogP contribution in [0.2, 0.25) is 0 Å². The zero-order chi connectivity index (χ0) is 17.5. The number of rotatable bonds is 5. The van der Waals surface area contributed by atoms with E-state index in [1.165, 1.54) is 0 Å². The van der Waals surface area contributed by atoms with E-state index in [0.29, 0.717) is 0 Å². The van der Waals surface area contributed by atoms with E-state index in [-0.39, 0.29) is 13.0 Å². The topological polar surface area (TPSA) is 72.9 Å². The number of carbonyl (C=O) groups is 3. The van der Waals surface area contributed by atoms with Crippen LogP contribution in [0.4, 0.5) is 4.79 Å². The Kier molecular flexibility index (Phi) is 6.75. The Morgan fingerprint density at radius 2 is 1.70 bits per heavy atom. The fourth-order valence-corrected chi connectivity index (χ4v) is 1.77. The molecule has 0 saturated carbocycles. The van der Waals surface area contributed by atoms with Gasteiger partial charge in [0.2, 0.25) is 5.91 Å². The van der Waals surface area contributed by atoms with Gasteiger partial charge in [0.25, 0.3) is 0 Å².